The molecule has 0 amide bonds. The SMILES string of the molecule is Cc1nc(Cl)nc(N2CCCN(CCO)CC2)c1N. The van der Waals surface area contributed by atoms with Crippen molar-refractivity contribution in [2.75, 3.05) is 50.0 Å². The van der Waals surface area contributed by atoms with E-state index in [-0.39, 0.29) is 11.9 Å². The van der Waals surface area contributed by atoms with E-state index in [4.69, 9.17) is 22.4 Å². The van der Waals surface area contributed by atoms with Gasteiger partial charge in [-0.2, -0.15) is 4.98 Å². The van der Waals surface area contributed by atoms with E-state index >= 15 is 0 Å². The van der Waals surface area contributed by atoms with Crippen molar-refractivity contribution < 1.29 is 5.11 Å². The number of aryl methyl sites for hydroxylation is 1. The van der Waals surface area contributed by atoms with Gasteiger partial charge in [0.05, 0.1) is 18.0 Å². The Morgan fingerprint density at radius 1 is 1.26 bits per heavy atom. The summed E-state index contributed by atoms with van der Waals surface area (Å²) in [6.45, 7) is 6.33. The first kappa shape index (κ1) is 14.3. The maximum atomic E-state index is 9.00. The summed E-state index contributed by atoms with van der Waals surface area (Å²) in [6, 6.07) is 0. The molecule has 0 radical (unpaired) electrons. The zero-order chi connectivity index (χ0) is 13.8. The van der Waals surface area contributed by atoms with Gasteiger partial charge in [0.15, 0.2) is 5.82 Å². The monoisotopic (exact) mass is 285 g/mol. The second kappa shape index (κ2) is 6.36. The first-order valence-electron chi connectivity index (χ1n) is 6.49. The maximum absolute atomic E-state index is 9.00. The van der Waals surface area contributed by atoms with E-state index < -0.39 is 0 Å². The van der Waals surface area contributed by atoms with E-state index in [0.717, 1.165) is 38.4 Å². The molecule has 1 aliphatic heterocycles. The third-order valence-corrected chi connectivity index (χ3v) is 3.56. The van der Waals surface area contributed by atoms with Crippen molar-refractivity contribution in [1.29, 1.82) is 0 Å². The Morgan fingerprint density at radius 3 is 2.79 bits per heavy atom. The molecule has 1 aliphatic rings. The van der Waals surface area contributed by atoms with Crippen molar-refractivity contribution in [3.8, 4) is 0 Å². The van der Waals surface area contributed by atoms with Gasteiger partial charge < -0.3 is 15.7 Å². The Morgan fingerprint density at radius 2 is 2.05 bits per heavy atom. The molecule has 1 fully saturated rings. The van der Waals surface area contributed by atoms with Gasteiger partial charge in [0.2, 0.25) is 5.28 Å². The lowest BCUT2D eigenvalue weighted by Crippen LogP contribution is -2.33. The van der Waals surface area contributed by atoms with Crippen molar-refractivity contribution in [1.82, 2.24) is 14.9 Å². The molecule has 7 heteroatoms. The van der Waals surface area contributed by atoms with Crippen LogP contribution in [0.1, 0.15) is 12.1 Å². The van der Waals surface area contributed by atoms with Crippen LogP contribution in [-0.2, 0) is 0 Å². The number of rotatable bonds is 3. The number of hydrogen-bond acceptors (Lipinski definition) is 6. The third kappa shape index (κ3) is 3.46. The molecule has 19 heavy (non-hydrogen) atoms. The number of aliphatic hydroxyl groups excluding tert-OH is 1. The van der Waals surface area contributed by atoms with E-state index in [0.29, 0.717) is 17.9 Å². The Hall–Kier alpha value is -1.11. The van der Waals surface area contributed by atoms with E-state index in [1.807, 2.05) is 6.92 Å². The highest BCUT2D eigenvalue weighted by atomic mass is 35.5. The van der Waals surface area contributed by atoms with Crippen LogP contribution in [0.25, 0.3) is 0 Å². The van der Waals surface area contributed by atoms with Gasteiger partial charge >= 0.3 is 0 Å². The van der Waals surface area contributed by atoms with Crippen LogP contribution in [0.4, 0.5) is 11.5 Å². The normalized spacial score (nSPS) is 17.5. The third-order valence-electron chi connectivity index (χ3n) is 3.39. The lowest BCUT2D eigenvalue weighted by Gasteiger charge is -2.24. The number of hydrogen-bond donors (Lipinski definition) is 2. The van der Waals surface area contributed by atoms with Crippen molar-refractivity contribution in [2.24, 2.45) is 0 Å². The zero-order valence-corrected chi connectivity index (χ0v) is 11.9. The molecule has 1 saturated heterocycles. The molecule has 0 aliphatic carbocycles. The molecule has 0 spiro atoms. The average molecular weight is 286 g/mol. The summed E-state index contributed by atoms with van der Waals surface area (Å²) < 4.78 is 0. The lowest BCUT2D eigenvalue weighted by molar-refractivity contribution is 0.204. The molecule has 2 heterocycles. The Balaban J connectivity index is 2.14. The number of aliphatic hydroxyl groups is 1. The van der Waals surface area contributed by atoms with Crippen LogP contribution in [0, 0.1) is 6.92 Å². The molecule has 106 valence electrons. The first-order chi connectivity index (χ1) is 9.11. The Bertz CT molecular complexity index is 442. The average Bonchev–Trinajstić information content (AvgIpc) is 2.60. The van der Waals surface area contributed by atoms with Crippen LogP contribution in [0.3, 0.4) is 0 Å². The summed E-state index contributed by atoms with van der Waals surface area (Å²) >= 11 is 5.91. The molecule has 1 aromatic heterocycles. The minimum atomic E-state index is 0.195. The van der Waals surface area contributed by atoms with Crippen molar-refractivity contribution in [3.05, 3.63) is 11.0 Å². The molecule has 6 nitrogen and oxygen atoms in total. The largest absolute Gasteiger partial charge is 0.395 e. The maximum Gasteiger partial charge on any atom is 0.224 e. The van der Waals surface area contributed by atoms with Crippen LogP contribution >= 0.6 is 11.6 Å². The summed E-state index contributed by atoms with van der Waals surface area (Å²) in [5.41, 5.74) is 7.36. The number of halogens is 1. The van der Waals surface area contributed by atoms with E-state index in [2.05, 4.69) is 19.8 Å². The highest BCUT2D eigenvalue weighted by molar-refractivity contribution is 6.28. The van der Waals surface area contributed by atoms with E-state index in [1.54, 1.807) is 0 Å². The smallest absolute Gasteiger partial charge is 0.224 e. The predicted molar refractivity (Wildman–Crippen MR) is 76.5 cm³/mol. The van der Waals surface area contributed by atoms with Crippen LogP contribution in [0.15, 0.2) is 0 Å². The zero-order valence-electron chi connectivity index (χ0n) is 11.1. The molecule has 0 bridgehead atoms. The second-order valence-corrected chi connectivity index (χ2v) is 5.06. The molecule has 0 saturated carbocycles. The molecule has 3 N–H and O–H groups in total. The molecule has 1 aromatic rings. The van der Waals surface area contributed by atoms with E-state index in [1.165, 1.54) is 0 Å². The van der Waals surface area contributed by atoms with Gasteiger partial charge in [-0.15, -0.1) is 0 Å². The standard InChI is InChI=1S/C12H20ClN5O/c1-9-10(14)11(16-12(13)15-9)18-4-2-3-17(5-6-18)7-8-19/h19H,2-8,14H2,1H3. The van der Waals surface area contributed by atoms with Crippen molar-refractivity contribution in [2.45, 2.75) is 13.3 Å². The number of nitrogens with zero attached hydrogens (tertiary/aromatic N) is 4. The van der Waals surface area contributed by atoms with Gasteiger partial charge in [0, 0.05) is 26.2 Å². The minimum absolute atomic E-state index is 0.195. The van der Waals surface area contributed by atoms with Gasteiger partial charge in [-0.3, -0.25) is 4.90 Å². The summed E-state index contributed by atoms with van der Waals surface area (Å²) in [5.74, 6) is 0.725. The van der Waals surface area contributed by atoms with Gasteiger partial charge in [0.1, 0.15) is 0 Å². The Labute approximate surface area is 118 Å². The summed E-state index contributed by atoms with van der Waals surface area (Å²) in [6.07, 6.45) is 1.01. The highest BCUT2D eigenvalue weighted by Crippen LogP contribution is 2.25. The number of anilines is 2. The number of aromatic nitrogens is 2. The fraction of sp³-hybridized carbons (Fsp3) is 0.667. The summed E-state index contributed by atoms with van der Waals surface area (Å²) in [7, 11) is 0. The van der Waals surface area contributed by atoms with Crippen LogP contribution in [-0.4, -0.2) is 59.3 Å². The molecule has 0 aromatic carbocycles. The number of nitrogens with two attached hydrogens (primary N) is 1. The molecular weight excluding hydrogens is 266 g/mol. The molecule has 0 unspecified atom stereocenters. The van der Waals surface area contributed by atoms with Crippen molar-refractivity contribution in [3.63, 3.8) is 0 Å². The van der Waals surface area contributed by atoms with Crippen LogP contribution in [0.2, 0.25) is 5.28 Å². The predicted octanol–water partition coefficient (Wildman–Crippen LogP) is 0.525. The summed E-state index contributed by atoms with van der Waals surface area (Å²) in [5, 5.41) is 9.23. The highest BCUT2D eigenvalue weighted by Gasteiger charge is 2.19. The van der Waals surface area contributed by atoms with Gasteiger partial charge in [-0.05, 0) is 31.5 Å². The number of nitrogen functional groups attached to an aromatic ring is 1. The fourth-order valence-electron chi connectivity index (χ4n) is 2.32. The van der Waals surface area contributed by atoms with Gasteiger partial charge in [-0.25, -0.2) is 4.98 Å². The number of β-amino-alcohol motifs (C(OH)–C–C–N with tert-alkyl or cyclic N) is 1. The lowest BCUT2D eigenvalue weighted by atomic mass is 10.3. The topological polar surface area (TPSA) is 78.5 Å². The van der Waals surface area contributed by atoms with Crippen molar-refractivity contribution >= 4 is 23.1 Å². The summed E-state index contributed by atoms with van der Waals surface area (Å²) in [4.78, 5) is 12.7. The Kier molecular flexibility index (Phi) is 4.79. The molecule has 2 rings (SSSR count). The minimum Gasteiger partial charge on any atom is -0.395 e. The van der Waals surface area contributed by atoms with Gasteiger partial charge in [-0.1, -0.05) is 0 Å². The van der Waals surface area contributed by atoms with Gasteiger partial charge in [0.25, 0.3) is 0 Å². The molecule has 0 atom stereocenters. The first-order valence-corrected chi connectivity index (χ1v) is 6.87. The van der Waals surface area contributed by atoms with Crippen LogP contribution < -0.4 is 10.6 Å². The van der Waals surface area contributed by atoms with Crippen LogP contribution in [0.5, 0.6) is 0 Å². The van der Waals surface area contributed by atoms with E-state index in [9.17, 15) is 0 Å². The fourth-order valence-corrected chi connectivity index (χ4v) is 2.53. The second-order valence-electron chi connectivity index (χ2n) is 4.72. The molecular formula is C12H20ClN5O. The quantitative estimate of drug-likeness (QED) is 0.789.